The van der Waals surface area contributed by atoms with Gasteiger partial charge in [0.15, 0.2) is 0 Å². The first-order valence-corrected chi connectivity index (χ1v) is 9.06. The van der Waals surface area contributed by atoms with Gasteiger partial charge in [0, 0.05) is 11.8 Å². The second kappa shape index (κ2) is 4.38. The molecule has 4 saturated carbocycles. The van der Waals surface area contributed by atoms with Gasteiger partial charge in [0.05, 0.1) is 0 Å². The summed E-state index contributed by atoms with van der Waals surface area (Å²) in [5, 5.41) is 10.7. The minimum atomic E-state index is -0.888. The molecule has 2 heteroatoms. The normalized spacial score (nSPS) is 56.9. The van der Waals surface area contributed by atoms with Gasteiger partial charge in [0.1, 0.15) is 11.4 Å². The van der Waals surface area contributed by atoms with Gasteiger partial charge >= 0.3 is 0 Å². The lowest BCUT2D eigenvalue weighted by Gasteiger charge is -2.56. The van der Waals surface area contributed by atoms with Crippen molar-refractivity contribution in [3.05, 3.63) is 0 Å². The number of terminal acetylenes is 1. The molecule has 22 heavy (non-hydrogen) atoms. The van der Waals surface area contributed by atoms with Gasteiger partial charge in [-0.1, -0.05) is 19.8 Å². The van der Waals surface area contributed by atoms with Gasteiger partial charge in [0.2, 0.25) is 0 Å². The summed E-state index contributed by atoms with van der Waals surface area (Å²) in [5.41, 5.74) is -0.761. The van der Waals surface area contributed by atoms with Crippen LogP contribution in [0.3, 0.4) is 0 Å². The van der Waals surface area contributed by atoms with E-state index in [1.165, 1.54) is 12.8 Å². The summed E-state index contributed by atoms with van der Waals surface area (Å²) in [7, 11) is 0. The average Bonchev–Trinajstić information content (AvgIpc) is 2.93. The van der Waals surface area contributed by atoms with Crippen LogP contribution in [0.15, 0.2) is 0 Å². The summed E-state index contributed by atoms with van der Waals surface area (Å²) >= 11 is 0. The van der Waals surface area contributed by atoms with Crippen LogP contribution in [0.5, 0.6) is 0 Å². The Kier molecular flexibility index (Phi) is 2.94. The number of fused-ring (bicyclic) bond motifs is 5. The maximum Gasteiger partial charge on any atom is 0.139 e. The van der Waals surface area contributed by atoms with Crippen LogP contribution in [0.25, 0.3) is 0 Å². The Morgan fingerprint density at radius 1 is 1.18 bits per heavy atom. The van der Waals surface area contributed by atoms with E-state index in [-0.39, 0.29) is 10.8 Å². The van der Waals surface area contributed by atoms with E-state index in [0.29, 0.717) is 29.5 Å². The molecule has 4 fully saturated rings. The molecule has 4 aliphatic rings. The van der Waals surface area contributed by atoms with E-state index in [2.05, 4.69) is 19.8 Å². The predicted molar refractivity (Wildman–Crippen MR) is 85.9 cm³/mol. The van der Waals surface area contributed by atoms with Crippen molar-refractivity contribution >= 4 is 5.78 Å². The number of Topliss-reactive ketones (excluding diaryl/α,β-unsaturated/α-hetero) is 1. The molecule has 4 aliphatic carbocycles. The van der Waals surface area contributed by atoms with Gasteiger partial charge in [-0.05, 0) is 74.0 Å². The molecule has 0 heterocycles. The van der Waals surface area contributed by atoms with Crippen molar-refractivity contribution in [3.8, 4) is 12.3 Å². The summed E-state index contributed by atoms with van der Waals surface area (Å²) in [6, 6.07) is 0. The lowest BCUT2D eigenvalue weighted by molar-refractivity contribution is -0.135. The lowest BCUT2D eigenvalue weighted by Crippen LogP contribution is -2.50. The van der Waals surface area contributed by atoms with E-state index in [4.69, 9.17) is 6.42 Å². The fourth-order valence-corrected chi connectivity index (χ4v) is 7.14. The molecule has 0 radical (unpaired) electrons. The Morgan fingerprint density at radius 2 is 1.95 bits per heavy atom. The van der Waals surface area contributed by atoms with Crippen molar-refractivity contribution in [2.45, 2.75) is 70.8 Å². The molecule has 0 aromatic rings. The fraction of sp³-hybridized carbons (Fsp3) is 0.850. The number of carbonyl (C=O) groups excluding carboxylic acids is 1. The van der Waals surface area contributed by atoms with Gasteiger partial charge in [-0.25, -0.2) is 0 Å². The minimum Gasteiger partial charge on any atom is -0.378 e. The second-order valence-corrected chi connectivity index (χ2v) is 9.13. The van der Waals surface area contributed by atoms with Gasteiger partial charge < -0.3 is 5.11 Å². The molecule has 4 rings (SSSR count). The third-order valence-corrected chi connectivity index (χ3v) is 8.30. The highest BCUT2D eigenvalue weighted by atomic mass is 16.3. The molecule has 0 aliphatic heterocycles. The molecule has 0 unspecified atom stereocenters. The van der Waals surface area contributed by atoms with E-state index >= 15 is 0 Å². The van der Waals surface area contributed by atoms with Gasteiger partial charge in [-0.2, -0.15) is 0 Å². The molecule has 0 aromatic heterocycles. The van der Waals surface area contributed by atoms with Crippen molar-refractivity contribution in [1.29, 1.82) is 0 Å². The van der Waals surface area contributed by atoms with Crippen molar-refractivity contribution in [3.63, 3.8) is 0 Å². The molecule has 0 bridgehead atoms. The number of aliphatic hydroxyl groups is 1. The number of hydrogen-bond acceptors (Lipinski definition) is 2. The molecule has 0 spiro atoms. The zero-order valence-corrected chi connectivity index (χ0v) is 13.9. The van der Waals surface area contributed by atoms with Crippen LogP contribution < -0.4 is 0 Å². The largest absolute Gasteiger partial charge is 0.378 e. The quantitative estimate of drug-likeness (QED) is 0.694. The van der Waals surface area contributed by atoms with E-state index < -0.39 is 5.60 Å². The summed E-state index contributed by atoms with van der Waals surface area (Å²) < 4.78 is 0. The SMILES string of the molecule is C#C[C@]1(O)C[C@@H]2CC[C@@H]3[C@H](CC[C@]4(C)C(=O)CC[C@@H]34)[C@@]2(C)C1. The first kappa shape index (κ1) is 14.8. The molecule has 1 N–H and O–H groups in total. The summed E-state index contributed by atoms with van der Waals surface area (Å²) in [5.74, 6) is 5.66. The highest BCUT2D eigenvalue weighted by Gasteiger charge is 2.63. The third-order valence-electron chi connectivity index (χ3n) is 8.30. The fourth-order valence-electron chi connectivity index (χ4n) is 7.14. The van der Waals surface area contributed by atoms with Crippen LogP contribution in [0.2, 0.25) is 0 Å². The van der Waals surface area contributed by atoms with Crippen molar-refractivity contribution < 1.29 is 9.90 Å². The Morgan fingerprint density at radius 3 is 2.68 bits per heavy atom. The molecule has 0 saturated heterocycles. The molecular formula is C20H28O2. The highest BCUT2D eigenvalue weighted by Crippen LogP contribution is 2.67. The maximum absolute atomic E-state index is 12.4. The number of rotatable bonds is 0. The summed E-state index contributed by atoms with van der Waals surface area (Å²) in [6.45, 7) is 4.60. The molecular weight excluding hydrogens is 272 g/mol. The Bertz CT molecular complexity index is 561. The Labute approximate surface area is 134 Å². The van der Waals surface area contributed by atoms with Crippen molar-refractivity contribution in [2.75, 3.05) is 0 Å². The van der Waals surface area contributed by atoms with Gasteiger partial charge in [-0.3, -0.25) is 4.79 Å². The van der Waals surface area contributed by atoms with Crippen molar-refractivity contribution in [2.24, 2.45) is 34.5 Å². The second-order valence-electron chi connectivity index (χ2n) is 9.13. The van der Waals surface area contributed by atoms with Gasteiger partial charge in [0.25, 0.3) is 0 Å². The monoisotopic (exact) mass is 300 g/mol. The van der Waals surface area contributed by atoms with E-state index in [0.717, 1.165) is 38.5 Å². The molecule has 0 amide bonds. The van der Waals surface area contributed by atoms with Crippen LogP contribution in [0, 0.1) is 46.8 Å². The first-order chi connectivity index (χ1) is 10.3. The zero-order valence-electron chi connectivity index (χ0n) is 13.9. The number of carbonyl (C=O) groups is 1. The van der Waals surface area contributed by atoms with E-state index in [1.807, 2.05) is 0 Å². The predicted octanol–water partition coefficient (Wildman–Crippen LogP) is 3.57. The van der Waals surface area contributed by atoms with Crippen molar-refractivity contribution in [1.82, 2.24) is 0 Å². The smallest absolute Gasteiger partial charge is 0.139 e. The number of hydrogen-bond donors (Lipinski definition) is 1. The molecule has 2 nitrogen and oxygen atoms in total. The van der Waals surface area contributed by atoms with Crippen LogP contribution in [0.4, 0.5) is 0 Å². The van der Waals surface area contributed by atoms with Crippen LogP contribution in [-0.2, 0) is 4.79 Å². The van der Waals surface area contributed by atoms with Crippen LogP contribution in [0.1, 0.15) is 65.2 Å². The van der Waals surface area contributed by atoms with E-state index in [9.17, 15) is 9.90 Å². The molecule has 120 valence electrons. The summed E-state index contributed by atoms with van der Waals surface area (Å²) in [6.07, 6.45) is 13.7. The lowest BCUT2D eigenvalue weighted by atomic mass is 9.48. The average molecular weight is 300 g/mol. The van der Waals surface area contributed by atoms with Crippen LogP contribution >= 0.6 is 0 Å². The maximum atomic E-state index is 12.4. The zero-order chi connectivity index (χ0) is 15.8. The van der Waals surface area contributed by atoms with Crippen LogP contribution in [-0.4, -0.2) is 16.5 Å². The Hall–Kier alpha value is -0.810. The third kappa shape index (κ3) is 1.70. The Balaban J connectivity index is 1.67. The molecule has 0 aromatic carbocycles. The van der Waals surface area contributed by atoms with E-state index in [1.54, 1.807) is 0 Å². The highest BCUT2D eigenvalue weighted by molar-refractivity contribution is 5.87. The number of ketones is 1. The summed E-state index contributed by atoms with van der Waals surface area (Å²) in [4.78, 5) is 12.4. The minimum absolute atomic E-state index is 0.0502. The first-order valence-electron chi connectivity index (χ1n) is 9.06. The standard InChI is InChI=1S/C20H28O2/c1-4-20(22)11-13-5-6-14-15-7-8-17(21)18(15,2)10-9-16(14)19(13,3)12-20/h1,13-16,22H,5-12H2,2-3H3/t13-,14-,15-,16-,18-,19-,20-/m0/s1. The van der Waals surface area contributed by atoms with Gasteiger partial charge in [-0.15, -0.1) is 6.42 Å². The topological polar surface area (TPSA) is 37.3 Å². The molecule has 7 atom stereocenters.